The molecule has 0 bridgehead atoms. The fourth-order valence-corrected chi connectivity index (χ4v) is 12.3. The van der Waals surface area contributed by atoms with Crippen LogP contribution in [0.3, 0.4) is 0 Å². The summed E-state index contributed by atoms with van der Waals surface area (Å²) in [5.41, 5.74) is -27.0. The Morgan fingerprint density at radius 3 is 0.765 bits per heavy atom. The van der Waals surface area contributed by atoms with Gasteiger partial charge in [0.1, 0.15) is 6.07 Å². The lowest BCUT2D eigenvalue weighted by Gasteiger charge is -2.20. The summed E-state index contributed by atoms with van der Waals surface area (Å²) >= 11 is 0. The van der Waals surface area contributed by atoms with E-state index in [4.69, 9.17) is 0 Å². The van der Waals surface area contributed by atoms with Crippen LogP contribution in [0.5, 0.6) is 0 Å². The Morgan fingerprint density at radius 2 is 0.510 bits per heavy atom. The standard InChI is InChI=1S/C71H29F27N4/c72-63(73,74)39-5-9-44(53(25-39)68(87,88)89)33-1-13-57-49(20-33)50-21-34(45-10-6-40(64(75,76)77)26-54(45)69(90,91)92)2-14-58(50)101(57)61-29-48(37-17-32(30-99)18-43(19-37)67(84,85)86)62(24-38(61)31-100)102-59-15-3-35(46-11-7-41(65(78,79)80)27-55(46)70(93,94)95)22-51(59)52-23-36(4-16-60(52)102)47-12-8-42(66(81,82)83)28-56(47)71(96,97)98/h1-29H. The van der Waals surface area contributed by atoms with Crippen LogP contribution in [-0.4, -0.2) is 9.13 Å². The van der Waals surface area contributed by atoms with Crippen molar-refractivity contribution in [3.8, 4) is 79.1 Å². The Kier molecular flexibility index (Phi) is 16.5. The SMILES string of the molecule is N#Cc1cc(-c2cc(-n3c4ccc(-c5ccc(C(F)(F)F)cc5C(F)(F)F)cc4c4cc(-c5ccc(C(F)(F)F)cc5C(F)(F)F)ccc43)c(C#N)cc2-n2c3ccc(-c4ccc(C(F)(F)F)cc4C(F)(F)F)cc3c3cc(-c4ccc(C(F)(F)F)cc4C(F)(F)F)ccc32)cc(C(F)(F)F)c1. The van der Waals surface area contributed by atoms with Gasteiger partial charge >= 0.3 is 55.6 Å². The quantitative estimate of drug-likeness (QED) is 0.149. The molecule has 0 aliphatic rings. The highest BCUT2D eigenvalue weighted by molar-refractivity contribution is 6.14. The third-order valence-corrected chi connectivity index (χ3v) is 16.8. The number of hydrogen-bond acceptors (Lipinski definition) is 2. The van der Waals surface area contributed by atoms with Gasteiger partial charge in [0.05, 0.1) is 101 Å². The van der Waals surface area contributed by atoms with E-state index in [0.717, 1.165) is 100 Å². The highest BCUT2D eigenvalue weighted by Crippen LogP contribution is 2.51. The second-order valence-corrected chi connectivity index (χ2v) is 23.0. The second-order valence-electron chi connectivity index (χ2n) is 23.0. The molecule has 522 valence electrons. The molecule has 0 atom stereocenters. The molecule has 2 heterocycles. The summed E-state index contributed by atoms with van der Waals surface area (Å²) in [4.78, 5) is 0. The number of aromatic nitrogens is 2. The zero-order valence-electron chi connectivity index (χ0n) is 49.7. The Bertz CT molecular complexity index is 5270. The fraction of sp³-hybridized carbons (Fsp3) is 0.127. The predicted molar refractivity (Wildman–Crippen MR) is 317 cm³/mol. The Morgan fingerprint density at radius 1 is 0.225 bits per heavy atom. The van der Waals surface area contributed by atoms with Crippen LogP contribution in [0.25, 0.3) is 111 Å². The first-order valence-electron chi connectivity index (χ1n) is 28.7. The monoisotopic (exact) mass is 1450 g/mol. The molecule has 0 unspecified atom stereocenters. The van der Waals surface area contributed by atoms with Crippen molar-refractivity contribution < 1.29 is 119 Å². The van der Waals surface area contributed by atoms with Crippen LogP contribution in [-0.2, 0) is 55.6 Å². The summed E-state index contributed by atoms with van der Waals surface area (Å²) in [5.74, 6) is 0. The predicted octanol–water partition coefficient (Wildman–Crippen LogP) is 25.1. The zero-order valence-corrected chi connectivity index (χ0v) is 49.7. The molecule has 0 N–H and O–H groups in total. The Hall–Kier alpha value is -11.1. The molecule has 0 aliphatic heterocycles. The number of benzene rings is 10. The van der Waals surface area contributed by atoms with Crippen molar-refractivity contribution in [3.05, 3.63) is 237 Å². The van der Waals surface area contributed by atoms with E-state index in [2.05, 4.69) is 0 Å². The topological polar surface area (TPSA) is 57.4 Å². The van der Waals surface area contributed by atoms with Gasteiger partial charge in [-0.3, -0.25) is 0 Å². The second kappa shape index (κ2) is 23.8. The minimum Gasteiger partial charge on any atom is -0.309 e. The van der Waals surface area contributed by atoms with Gasteiger partial charge in [-0.2, -0.15) is 129 Å². The molecular weight excluding hydrogens is 1420 g/mol. The lowest BCUT2D eigenvalue weighted by Crippen LogP contribution is -2.12. The molecule has 12 rings (SSSR count). The largest absolute Gasteiger partial charge is 0.417 e. The molecule has 10 aromatic carbocycles. The summed E-state index contributed by atoms with van der Waals surface area (Å²) in [6, 6.07) is 20.2. The van der Waals surface area contributed by atoms with Crippen LogP contribution in [0, 0.1) is 22.7 Å². The van der Waals surface area contributed by atoms with Gasteiger partial charge in [0, 0.05) is 27.1 Å². The first-order chi connectivity index (χ1) is 47.1. The van der Waals surface area contributed by atoms with Gasteiger partial charge in [-0.1, -0.05) is 48.5 Å². The minimum atomic E-state index is -5.56. The average molecular weight is 1450 g/mol. The van der Waals surface area contributed by atoms with E-state index in [-0.39, 0.29) is 92.1 Å². The van der Waals surface area contributed by atoms with Crippen molar-refractivity contribution in [2.24, 2.45) is 0 Å². The van der Waals surface area contributed by atoms with Gasteiger partial charge < -0.3 is 9.13 Å². The molecule has 0 amide bonds. The van der Waals surface area contributed by atoms with E-state index < -0.39 is 184 Å². The maximum atomic E-state index is 15.1. The Labute approximate surface area is 552 Å². The van der Waals surface area contributed by atoms with E-state index in [0.29, 0.717) is 36.4 Å². The third-order valence-electron chi connectivity index (χ3n) is 16.8. The van der Waals surface area contributed by atoms with E-state index in [1.807, 2.05) is 6.07 Å². The average Bonchev–Trinajstić information content (AvgIpc) is 1.56. The molecule has 0 saturated carbocycles. The fourth-order valence-electron chi connectivity index (χ4n) is 12.3. The number of nitrogens with zero attached hydrogens (tertiary/aromatic N) is 4. The van der Waals surface area contributed by atoms with Crippen molar-refractivity contribution in [1.29, 1.82) is 10.5 Å². The first kappa shape index (κ1) is 70.7. The van der Waals surface area contributed by atoms with E-state index in [1.54, 1.807) is 6.07 Å². The highest BCUT2D eigenvalue weighted by Gasteiger charge is 2.44. The van der Waals surface area contributed by atoms with Gasteiger partial charge in [-0.15, -0.1) is 0 Å². The normalized spacial score (nSPS) is 13.2. The molecule has 12 aromatic rings. The first-order valence-corrected chi connectivity index (χ1v) is 28.7. The summed E-state index contributed by atoms with van der Waals surface area (Å²) in [6.45, 7) is 0. The molecule has 0 aliphatic carbocycles. The van der Waals surface area contributed by atoms with Gasteiger partial charge in [0.25, 0.3) is 0 Å². The highest BCUT2D eigenvalue weighted by atomic mass is 19.4. The summed E-state index contributed by atoms with van der Waals surface area (Å²) in [6.07, 6.45) is -49.0. The number of rotatable bonds is 7. The smallest absolute Gasteiger partial charge is 0.309 e. The van der Waals surface area contributed by atoms with Crippen LogP contribution < -0.4 is 0 Å². The molecule has 0 spiro atoms. The molecule has 4 nitrogen and oxygen atoms in total. The van der Waals surface area contributed by atoms with E-state index >= 15 is 13.2 Å². The number of halogens is 27. The number of alkyl halides is 27. The zero-order chi connectivity index (χ0) is 74.5. The molecule has 0 fully saturated rings. The third kappa shape index (κ3) is 12.9. The van der Waals surface area contributed by atoms with Crippen molar-refractivity contribution in [3.63, 3.8) is 0 Å². The van der Waals surface area contributed by atoms with Crippen molar-refractivity contribution in [1.82, 2.24) is 9.13 Å². The van der Waals surface area contributed by atoms with Gasteiger partial charge in [0.2, 0.25) is 0 Å². The number of hydrogen-bond donors (Lipinski definition) is 0. The Balaban J connectivity index is 1.21. The van der Waals surface area contributed by atoms with Gasteiger partial charge in [-0.25, -0.2) is 0 Å². The molecule has 0 saturated heterocycles. The van der Waals surface area contributed by atoms with Crippen molar-refractivity contribution in [2.45, 2.75) is 55.6 Å². The summed E-state index contributed by atoms with van der Waals surface area (Å²) in [5, 5.41) is 20.1. The lowest BCUT2D eigenvalue weighted by molar-refractivity contribution is -0.144. The number of fused-ring (bicyclic) bond motifs is 6. The van der Waals surface area contributed by atoms with Crippen molar-refractivity contribution >= 4 is 43.6 Å². The van der Waals surface area contributed by atoms with Crippen LogP contribution in [0.1, 0.15) is 61.2 Å². The molecule has 31 heteroatoms. The van der Waals surface area contributed by atoms with Crippen LogP contribution in [0.4, 0.5) is 119 Å². The molecular formula is C71H29F27N4. The van der Waals surface area contributed by atoms with Crippen LogP contribution >= 0.6 is 0 Å². The lowest BCUT2D eigenvalue weighted by atomic mass is 9.94. The van der Waals surface area contributed by atoms with E-state index in [1.165, 1.54) is 0 Å². The molecule has 0 radical (unpaired) electrons. The summed E-state index contributed by atoms with van der Waals surface area (Å²) < 4.78 is 394. The van der Waals surface area contributed by atoms with Crippen LogP contribution in [0.2, 0.25) is 0 Å². The van der Waals surface area contributed by atoms with Gasteiger partial charge in [0.15, 0.2) is 0 Å². The van der Waals surface area contributed by atoms with Gasteiger partial charge in [-0.05, 0) is 177 Å². The number of nitriles is 2. The maximum absolute atomic E-state index is 15.1. The molecule has 102 heavy (non-hydrogen) atoms. The van der Waals surface area contributed by atoms with Crippen LogP contribution in [0.15, 0.2) is 176 Å². The van der Waals surface area contributed by atoms with E-state index in [9.17, 15) is 116 Å². The summed E-state index contributed by atoms with van der Waals surface area (Å²) in [7, 11) is 0. The minimum absolute atomic E-state index is 0.223. The maximum Gasteiger partial charge on any atom is 0.417 e. The molecule has 2 aromatic heterocycles. The van der Waals surface area contributed by atoms with Crippen molar-refractivity contribution in [2.75, 3.05) is 0 Å².